The summed E-state index contributed by atoms with van der Waals surface area (Å²) in [4.78, 5) is 4.01. The first-order valence-electron chi connectivity index (χ1n) is 7.96. The lowest BCUT2D eigenvalue weighted by molar-refractivity contribution is 0.296. The summed E-state index contributed by atoms with van der Waals surface area (Å²) in [5.74, 6) is 0.491. The minimum atomic E-state index is -0.253. The molecule has 0 aliphatic heterocycles. The Bertz CT molecular complexity index is 833. The number of aromatic nitrogens is 1. The van der Waals surface area contributed by atoms with Crippen LogP contribution in [0.2, 0.25) is 0 Å². The number of hydrogen-bond acceptors (Lipinski definition) is 3. The summed E-state index contributed by atoms with van der Waals surface area (Å²) in [6.45, 7) is 1.59. The van der Waals surface area contributed by atoms with Gasteiger partial charge in [-0.25, -0.2) is 4.39 Å². The van der Waals surface area contributed by atoms with Gasteiger partial charge < -0.3 is 10.1 Å². The topological polar surface area (TPSA) is 34.1 Å². The van der Waals surface area contributed by atoms with Crippen LogP contribution in [0.5, 0.6) is 5.75 Å². The number of nitrogens with one attached hydrogen (secondary N) is 1. The zero-order chi connectivity index (χ0) is 17.5. The van der Waals surface area contributed by atoms with Gasteiger partial charge in [0.05, 0.1) is 0 Å². The summed E-state index contributed by atoms with van der Waals surface area (Å²) < 4.78 is 20.6. The van der Waals surface area contributed by atoms with Gasteiger partial charge in [0, 0.05) is 41.1 Å². The molecule has 1 heterocycles. The van der Waals surface area contributed by atoms with Gasteiger partial charge in [0.25, 0.3) is 0 Å². The van der Waals surface area contributed by atoms with Crippen molar-refractivity contribution in [1.29, 1.82) is 0 Å². The predicted octanol–water partition coefficient (Wildman–Crippen LogP) is 5.27. The van der Waals surface area contributed by atoms with Gasteiger partial charge in [0.2, 0.25) is 0 Å². The van der Waals surface area contributed by atoms with E-state index in [1.807, 2.05) is 30.3 Å². The van der Waals surface area contributed by atoms with E-state index in [9.17, 15) is 4.39 Å². The minimum absolute atomic E-state index is 0. The van der Waals surface area contributed by atoms with Crippen molar-refractivity contribution in [2.75, 3.05) is 0 Å². The normalized spacial score (nSPS) is 10.2. The SMILES string of the molecule is Cl.Fc1ccccc1COc1ccc(Br)cc1CNCc1ccncc1. The van der Waals surface area contributed by atoms with Crippen molar-refractivity contribution in [3.63, 3.8) is 0 Å². The number of ether oxygens (including phenoxy) is 1. The Morgan fingerprint density at radius 2 is 1.73 bits per heavy atom. The molecular formula is C20H19BrClFN2O. The zero-order valence-electron chi connectivity index (χ0n) is 14.0. The molecule has 0 fully saturated rings. The first-order chi connectivity index (χ1) is 12.2. The Morgan fingerprint density at radius 3 is 2.50 bits per heavy atom. The molecule has 0 aliphatic rings. The molecule has 26 heavy (non-hydrogen) atoms. The third kappa shape index (κ3) is 5.80. The van der Waals surface area contributed by atoms with Crippen molar-refractivity contribution in [2.45, 2.75) is 19.7 Å². The zero-order valence-corrected chi connectivity index (χ0v) is 16.4. The van der Waals surface area contributed by atoms with Gasteiger partial charge in [-0.1, -0.05) is 34.1 Å². The van der Waals surface area contributed by atoms with E-state index in [2.05, 4.69) is 26.2 Å². The lowest BCUT2D eigenvalue weighted by atomic mass is 10.2. The van der Waals surface area contributed by atoms with Crippen LogP contribution < -0.4 is 10.1 Å². The highest BCUT2D eigenvalue weighted by atomic mass is 79.9. The van der Waals surface area contributed by atoms with E-state index in [4.69, 9.17) is 4.74 Å². The molecule has 6 heteroatoms. The Kier molecular flexibility index (Phi) is 8.04. The summed E-state index contributed by atoms with van der Waals surface area (Å²) in [7, 11) is 0. The largest absolute Gasteiger partial charge is 0.488 e. The van der Waals surface area contributed by atoms with Gasteiger partial charge in [0.1, 0.15) is 18.2 Å². The number of benzene rings is 2. The van der Waals surface area contributed by atoms with Crippen molar-refractivity contribution in [3.8, 4) is 5.75 Å². The van der Waals surface area contributed by atoms with E-state index in [1.54, 1.807) is 30.6 Å². The van der Waals surface area contributed by atoms with E-state index in [0.717, 1.165) is 22.3 Å². The molecule has 0 saturated heterocycles. The van der Waals surface area contributed by atoms with Crippen LogP contribution in [-0.4, -0.2) is 4.98 Å². The third-order valence-electron chi connectivity index (χ3n) is 3.76. The predicted molar refractivity (Wildman–Crippen MR) is 107 cm³/mol. The second kappa shape index (κ2) is 10.3. The summed E-state index contributed by atoms with van der Waals surface area (Å²) >= 11 is 3.49. The maximum atomic E-state index is 13.7. The van der Waals surface area contributed by atoms with Crippen LogP contribution in [0.3, 0.4) is 0 Å². The molecule has 0 unspecified atom stereocenters. The average molecular weight is 438 g/mol. The molecule has 0 spiro atoms. The first-order valence-corrected chi connectivity index (χ1v) is 8.76. The van der Waals surface area contributed by atoms with Gasteiger partial charge in [0.15, 0.2) is 0 Å². The molecule has 0 amide bonds. The van der Waals surface area contributed by atoms with Crippen molar-refractivity contribution in [1.82, 2.24) is 10.3 Å². The maximum Gasteiger partial charge on any atom is 0.129 e. The first kappa shape index (κ1) is 20.4. The number of halogens is 3. The van der Waals surface area contributed by atoms with Crippen molar-refractivity contribution in [2.24, 2.45) is 0 Å². The second-order valence-corrected chi connectivity index (χ2v) is 6.51. The number of hydrogen-bond donors (Lipinski definition) is 1. The molecule has 2 aromatic carbocycles. The molecule has 0 radical (unpaired) electrons. The monoisotopic (exact) mass is 436 g/mol. The maximum absolute atomic E-state index is 13.7. The average Bonchev–Trinajstić information content (AvgIpc) is 2.63. The smallest absolute Gasteiger partial charge is 0.129 e. The van der Waals surface area contributed by atoms with Gasteiger partial charge in [-0.3, -0.25) is 4.98 Å². The Hall–Kier alpha value is -1.95. The van der Waals surface area contributed by atoms with Crippen molar-refractivity contribution >= 4 is 28.3 Å². The lowest BCUT2D eigenvalue weighted by Gasteiger charge is -2.13. The molecule has 1 N–H and O–H groups in total. The van der Waals surface area contributed by atoms with Crippen LogP contribution in [0.1, 0.15) is 16.7 Å². The lowest BCUT2D eigenvalue weighted by Crippen LogP contribution is -2.13. The molecule has 3 nitrogen and oxygen atoms in total. The number of rotatable bonds is 7. The van der Waals surface area contributed by atoms with E-state index in [-0.39, 0.29) is 24.8 Å². The summed E-state index contributed by atoms with van der Waals surface area (Å²) in [6.07, 6.45) is 3.55. The van der Waals surface area contributed by atoms with E-state index >= 15 is 0 Å². The molecule has 1 aromatic heterocycles. The standard InChI is InChI=1S/C20H18BrFN2O.ClH/c21-18-5-6-20(25-14-16-3-1-2-4-19(16)22)17(11-18)13-24-12-15-7-9-23-10-8-15;/h1-11,24H,12-14H2;1H. The summed E-state index contributed by atoms with van der Waals surface area (Å²) in [5.41, 5.74) is 2.72. The second-order valence-electron chi connectivity index (χ2n) is 5.59. The molecule has 136 valence electrons. The number of nitrogens with zero attached hydrogens (tertiary/aromatic N) is 1. The number of pyridine rings is 1. The van der Waals surface area contributed by atoms with Crippen molar-refractivity contribution < 1.29 is 9.13 Å². The van der Waals surface area contributed by atoms with Crippen LogP contribution in [-0.2, 0) is 19.7 Å². The third-order valence-corrected chi connectivity index (χ3v) is 4.25. The van der Waals surface area contributed by atoms with E-state index < -0.39 is 0 Å². The Balaban J connectivity index is 0.00000243. The van der Waals surface area contributed by atoms with Crippen LogP contribution in [0, 0.1) is 5.82 Å². The van der Waals surface area contributed by atoms with Crippen LogP contribution in [0.15, 0.2) is 71.5 Å². The van der Waals surface area contributed by atoms with Gasteiger partial charge in [-0.05, 0) is 42.0 Å². The van der Waals surface area contributed by atoms with E-state index in [1.165, 1.54) is 11.6 Å². The molecule has 0 saturated carbocycles. The Morgan fingerprint density at radius 1 is 0.962 bits per heavy atom. The van der Waals surface area contributed by atoms with Crippen molar-refractivity contribution in [3.05, 3.63) is 94.0 Å². The van der Waals surface area contributed by atoms with Crippen LogP contribution in [0.4, 0.5) is 4.39 Å². The Labute approximate surface area is 167 Å². The highest BCUT2D eigenvalue weighted by Gasteiger charge is 2.07. The molecular weight excluding hydrogens is 419 g/mol. The molecule has 0 bridgehead atoms. The fraction of sp³-hybridized carbons (Fsp3) is 0.150. The van der Waals surface area contributed by atoms with Gasteiger partial charge in [-0.2, -0.15) is 0 Å². The van der Waals surface area contributed by atoms with Gasteiger partial charge in [-0.15, -0.1) is 12.4 Å². The van der Waals surface area contributed by atoms with E-state index in [0.29, 0.717) is 12.1 Å². The quantitative estimate of drug-likeness (QED) is 0.546. The fourth-order valence-corrected chi connectivity index (χ4v) is 2.85. The minimum Gasteiger partial charge on any atom is -0.488 e. The highest BCUT2D eigenvalue weighted by molar-refractivity contribution is 9.10. The van der Waals surface area contributed by atoms with Crippen LogP contribution in [0.25, 0.3) is 0 Å². The molecule has 0 atom stereocenters. The highest BCUT2D eigenvalue weighted by Crippen LogP contribution is 2.24. The molecule has 3 aromatic rings. The molecule has 3 rings (SSSR count). The fourth-order valence-electron chi connectivity index (χ4n) is 2.44. The molecule has 0 aliphatic carbocycles. The van der Waals surface area contributed by atoms with Crippen LogP contribution >= 0.6 is 28.3 Å². The summed E-state index contributed by atoms with van der Waals surface area (Å²) in [5, 5.41) is 3.39. The van der Waals surface area contributed by atoms with Gasteiger partial charge >= 0.3 is 0 Å². The summed E-state index contributed by atoms with van der Waals surface area (Å²) in [6, 6.07) is 16.4.